The Morgan fingerprint density at radius 1 is 1.14 bits per heavy atom. The number of ether oxygens (including phenoxy) is 1. The van der Waals surface area contributed by atoms with E-state index in [1.54, 1.807) is 6.07 Å². The van der Waals surface area contributed by atoms with Gasteiger partial charge in [0.2, 0.25) is 10.0 Å². The summed E-state index contributed by atoms with van der Waals surface area (Å²) in [5.41, 5.74) is 0.819. The third kappa shape index (κ3) is 3.21. The molecule has 3 aliphatic heterocycles. The number of rotatable bonds is 3. The van der Waals surface area contributed by atoms with Crippen LogP contribution < -0.4 is 0 Å². The lowest BCUT2D eigenvalue weighted by atomic mass is 9.75. The molecule has 0 amide bonds. The molecule has 29 heavy (non-hydrogen) atoms. The molecular formula is C21H26ClN3O3S. The fourth-order valence-corrected chi connectivity index (χ4v) is 7.87. The number of nitriles is 1. The van der Waals surface area contributed by atoms with Crippen molar-refractivity contribution in [3.05, 3.63) is 28.8 Å². The molecule has 1 aromatic carbocycles. The molecule has 3 saturated heterocycles. The van der Waals surface area contributed by atoms with Crippen LogP contribution in [0.4, 0.5) is 0 Å². The van der Waals surface area contributed by atoms with Crippen molar-refractivity contribution in [2.24, 2.45) is 10.8 Å². The van der Waals surface area contributed by atoms with Crippen LogP contribution in [0.25, 0.3) is 0 Å². The number of likely N-dealkylation sites (tertiary alicyclic amines) is 1. The fourth-order valence-electron chi connectivity index (χ4n) is 5.78. The van der Waals surface area contributed by atoms with Crippen molar-refractivity contribution >= 4 is 21.6 Å². The van der Waals surface area contributed by atoms with Gasteiger partial charge in [-0.05, 0) is 49.7 Å². The predicted octanol–water partition coefficient (Wildman–Crippen LogP) is 2.87. The third-order valence-electron chi connectivity index (χ3n) is 7.55. The van der Waals surface area contributed by atoms with Crippen LogP contribution in [-0.2, 0) is 14.8 Å². The van der Waals surface area contributed by atoms with Crippen LogP contribution in [0.5, 0.6) is 0 Å². The summed E-state index contributed by atoms with van der Waals surface area (Å²) in [6.07, 6.45) is 5.34. The van der Waals surface area contributed by atoms with Crippen molar-refractivity contribution in [2.75, 3.05) is 39.4 Å². The molecule has 0 radical (unpaired) electrons. The van der Waals surface area contributed by atoms with Crippen LogP contribution in [0.1, 0.15) is 37.7 Å². The van der Waals surface area contributed by atoms with Gasteiger partial charge in [-0.2, -0.15) is 9.57 Å². The highest BCUT2D eigenvalue weighted by molar-refractivity contribution is 7.89. The standard InChI is InChI=1S/C21H26ClN3O3S/c22-18-3-1-2-16(11-23)19(18)29(26,27)25-8-6-20(7-9-25)5-4-17(10-20)24-12-21(13-24)14-28-15-21/h1-3,17H,4-10,12-15H2. The first-order valence-corrected chi connectivity index (χ1v) is 12.2. The topological polar surface area (TPSA) is 73.6 Å². The number of hydrogen-bond donors (Lipinski definition) is 0. The van der Waals surface area contributed by atoms with Gasteiger partial charge in [0, 0.05) is 37.6 Å². The highest BCUT2D eigenvalue weighted by Crippen LogP contribution is 2.51. The van der Waals surface area contributed by atoms with Gasteiger partial charge in [-0.25, -0.2) is 8.42 Å². The van der Waals surface area contributed by atoms with Crippen molar-refractivity contribution in [3.63, 3.8) is 0 Å². The van der Waals surface area contributed by atoms with Crippen LogP contribution in [0.2, 0.25) is 5.02 Å². The summed E-state index contributed by atoms with van der Waals surface area (Å²) in [7, 11) is -3.76. The highest BCUT2D eigenvalue weighted by Gasteiger charge is 2.53. The average molecular weight is 436 g/mol. The molecule has 4 aliphatic rings. The van der Waals surface area contributed by atoms with E-state index in [2.05, 4.69) is 4.90 Å². The molecular weight excluding hydrogens is 410 g/mol. The second-order valence-corrected chi connectivity index (χ2v) is 11.7. The first-order chi connectivity index (χ1) is 13.9. The minimum Gasteiger partial charge on any atom is -0.380 e. The molecule has 1 unspecified atom stereocenters. The summed E-state index contributed by atoms with van der Waals surface area (Å²) in [4.78, 5) is 2.57. The maximum absolute atomic E-state index is 13.2. The lowest BCUT2D eigenvalue weighted by molar-refractivity contribution is -0.198. The van der Waals surface area contributed by atoms with E-state index in [0.29, 0.717) is 24.5 Å². The molecule has 5 rings (SSSR count). The molecule has 4 fully saturated rings. The Labute approximate surface area is 177 Å². The largest absolute Gasteiger partial charge is 0.380 e. The Kier molecular flexibility index (Phi) is 4.72. The van der Waals surface area contributed by atoms with E-state index < -0.39 is 10.0 Å². The first-order valence-electron chi connectivity index (χ1n) is 10.4. The second-order valence-electron chi connectivity index (χ2n) is 9.43. The van der Waals surface area contributed by atoms with Crippen LogP contribution in [-0.4, -0.2) is 63.1 Å². The number of halogens is 1. The normalized spacial score (nSPS) is 28.8. The number of piperidine rings is 1. The molecule has 0 bridgehead atoms. The molecule has 1 saturated carbocycles. The predicted molar refractivity (Wildman–Crippen MR) is 109 cm³/mol. The molecule has 8 heteroatoms. The smallest absolute Gasteiger partial charge is 0.245 e. The van der Waals surface area contributed by atoms with E-state index in [4.69, 9.17) is 16.3 Å². The summed E-state index contributed by atoms with van der Waals surface area (Å²) in [5.74, 6) is 0. The van der Waals surface area contributed by atoms with Crippen molar-refractivity contribution in [1.82, 2.24) is 9.21 Å². The van der Waals surface area contributed by atoms with Crippen molar-refractivity contribution < 1.29 is 13.2 Å². The van der Waals surface area contributed by atoms with Crippen molar-refractivity contribution in [2.45, 2.75) is 43.0 Å². The van der Waals surface area contributed by atoms with Gasteiger partial charge in [-0.1, -0.05) is 17.7 Å². The van der Waals surface area contributed by atoms with E-state index in [1.165, 1.54) is 35.7 Å². The molecule has 3 heterocycles. The summed E-state index contributed by atoms with van der Waals surface area (Å²) in [6.45, 7) is 5.17. The number of benzene rings is 1. The number of sulfonamides is 1. The Morgan fingerprint density at radius 3 is 2.48 bits per heavy atom. The molecule has 1 aromatic rings. The number of nitrogens with zero attached hydrogens (tertiary/aromatic N) is 3. The van der Waals surface area contributed by atoms with Crippen LogP contribution >= 0.6 is 11.6 Å². The van der Waals surface area contributed by atoms with Gasteiger partial charge in [-0.15, -0.1) is 0 Å². The van der Waals surface area contributed by atoms with E-state index in [0.717, 1.165) is 39.1 Å². The van der Waals surface area contributed by atoms with E-state index in [-0.39, 0.29) is 20.9 Å². The van der Waals surface area contributed by atoms with Crippen molar-refractivity contribution in [3.8, 4) is 6.07 Å². The second kappa shape index (κ2) is 6.93. The first kappa shape index (κ1) is 19.8. The minimum atomic E-state index is -3.76. The SMILES string of the molecule is N#Cc1cccc(Cl)c1S(=O)(=O)N1CCC2(CCC(N3CC4(COC4)C3)C2)CC1. The highest BCUT2D eigenvalue weighted by atomic mass is 35.5. The Bertz CT molecular complexity index is 954. The zero-order valence-electron chi connectivity index (χ0n) is 16.4. The fraction of sp³-hybridized carbons (Fsp3) is 0.667. The monoisotopic (exact) mass is 435 g/mol. The van der Waals surface area contributed by atoms with Crippen molar-refractivity contribution in [1.29, 1.82) is 5.26 Å². The lowest BCUT2D eigenvalue weighted by Crippen LogP contribution is -2.67. The number of hydrogen-bond acceptors (Lipinski definition) is 5. The zero-order valence-corrected chi connectivity index (χ0v) is 18.0. The van der Waals surface area contributed by atoms with E-state index >= 15 is 0 Å². The summed E-state index contributed by atoms with van der Waals surface area (Å²) in [6, 6.07) is 7.27. The van der Waals surface area contributed by atoms with Gasteiger partial charge >= 0.3 is 0 Å². The Morgan fingerprint density at radius 2 is 1.86 bits per heavy atom. The molecule has 0 aromatic heterocycles. The lowest BCUT2D eigenvalue weighted by Gasteiger charge is -2.57. The maximum atomic E-state index is 13.2. The van der Waals surface area contributed by atoms with Gasteiger partial charge in [0.1, 0.15) is 11.0 Å². The van der Waals surface area contributed by atoms with Gasteiger partial charge in [-0.3, -0.25) is 4.90 Å². The summed E-state index contributed by atoms with van der Waals surface area (Å²) < 4.78 is 33.3. The maximum Gasteiger partial charge on any atom is 0.245 e. The summed E-state index contributed by atoms with van der Waals surface area (Å²) >= 11 is 6.18. The molecule has 1 aliphatic carbocycles. The molecule has 0 N–H and O–H groups in total. The quantitative estimate of drug-likeness (QED) is 0.729. The van der Waals surface area contributed by atoms with Gasteiger partial charge in [0.25, 0.3) is 0 Å². The molecule has 1 atom stereocenters. The van der Waals surface area contributed by atoms with Crippen LogP contribution in [0, 0.1) is 22.2 Å². The van der Waals surface area contributed by atoms with E-state index in [9.17, 15) is 13.7 Å². The third-order valence-corrected chi connectivity index (χ3v) is 9.98. The van der Waals surface area contributed by atoms with Gasteiger partial charge in [0.15, 0.2) is 0 Å². The van der Waals surface area contributed by atoms with Crippen LogP contribution in [0.15, 0.2) is 23.1 Å². The van der Waals surface area contributed by atoms with Crippen LogP contribution in [0.3, 0.4) is 0 Å². The Hall–Kier alpha value is -1.17. The summed E-state index contributed by atoms with van der Waals surface area (Å²) in [5, 5.41) is 9.46. The average Bonchev–Trinajstić information content (AvgIpc) is 3.02. The minimum absolute atomic E-state index is 0.0435. The molecule has 6 nitrogen and oxygen atoms in total. The van der Waals surface area contributed by atoms with E-state index in [1.807, 2.05) is 6.07 Å². The zero-order chi connectivity index (χ0) is 20.3. The van der Waals surface area contributed by atoms with Gasteiger partial charge < -0.3 is 4.74 Å². The molecule has 2 spiro atoms. The van der Waals surface area contributed by atoms with Gasteiger partial charge in [0.05, 0.1) is 23.8 Å². The molecule has 156 valence electrons. The Balaban J connectivity index is 1.25.